The van der Waals surface area contributed by atoms with Gasteiger partial charge in [0.15, 0.2) is 0 Å². The van der Waals surface area contributed by atoms with Crippen LogP contribution in [-0.2, 0) is 4.79 Å². The van der Waals surface area contributed by atoms with E-state index in [1.165, 1.54) is 12.8 Å². The number of carbonyl (C=O) groups excluding carboxylic acids is 1. The lowest BCUT2D eigenvalue weighted by Gasteiger charge is -2.40. The van der Waals surface area contributed by atoms with E-state index in [1.54, 1.807) is 0 Å². The Labute approximate surface area is 105 Å². The van der Waals surface area contributed by atoms with Crippen LogP contribution in [0.2, 0.25) is 0 Å². The fourth-order valence-corrected chi connectivity index (χ4v) is 3.32. The average molecular weight is 238 g/mol. The third kappa shape index (κ3) is 2.35. The zero-order chi connectivity index (χ0) is 12.5. The summed E-state index contributed by atoms with van der Waals surface area (Å²) in [6.45, 7) is 10.4. The van der Waals surface area contributed by atoms with Crippen molar-refractivity contribution in [3.63, 3.8) is 0 Å². The monoisotopic (exact) mass is 238 g/mol. The van der Waals surface area contributed by atoms with Gasteiger partial charge in [0.05, 0.1) is 5.41 Å². The van der Waals surface area contributed by atoms with Gasteiger partial charge < -0.3 is 10.2 Å². The van der Waals surface area contributed by atoms with E-state index in [0.29, 0.717) is 17.7 Å². The molecule has 0 bridgehead atoms. The van der Waals surface area contributed by atoms with Gasteiger partial charge in [-0.05, 0) is 37.6 Å². The summed E-state index contributed by atoms with van der Waals surface area (Å²) in [5.41, 5.74) is -0.128. The fourth-order valence-electron chi connectivity index (χ4n) is 3.32. The highest BCUT2D eigenvalue weighted by atomic mass is 16.2. The molecule has 0 aliphatic carbocycles. The summed E-state index contributed by atoms with van der Waals surface area (Å²) in [7, 11) is 0. The van der Waals surface area contributed by atoms with Gasteiger partial charge in [0.1, 0.15) is 0 Å². The zero-order valence-corrected chi connectivity index (χ0v) is 11.5. The predicted octanol–water partition coefficient (Wildman–Crippen LogP) is 1.88. The number of carbonyl (C=O) groups is 1. The summed E-state index contributed by atoms with van der Waals surface area (Å²) in [4.78, 5) is 14.9. The Balaban J connectivity index is 2.11. The summed E-state index contributed by atoms with van der Waals surface area (Å²) in [5, 5.41) is 3.38. The Morgan fingerprint density at radius 2 is 2.24 bits per heavy atom. The molecule has 0 aromatic rings. The molecule has 0 radical (unpaired) electrons. The van der Waals surface area contributed by atoms with Crippen LogP contribution in [0.3, 0.4) is 0 Å². The molecular weight excluding hydrogens is 212 g/mol. The van der Waals surface area contributed by atoms with E-state index in [9.17, 15) is 4.79 Å². The molecule has 1 amide bonds. The van der Waals surface area contributed by atoms with E-state index in [2.05, 4.69) is 31.0 Å². The smallest absolute Gasteiger partial charge is 0.230 e. The largest absolute Gasteiger partial charge is 0.342 e. The minimum absolute atomic E-state index is 0.128. The number of hydrogen-bond donors (Lipinski definition) is 1. The second-order valence-corrected chi connectivity index (χ2v) is 6.24. The van der Waals surface area contributed by atoms with Crippen molar-refractivity contribution < 1.29 is 4.79 Å². The van der Waals surface area contributed by atoms with Crippen LogP contribution < -0.4 is 5.32 Å². The quantitative estimate of drug-likeness (QED) is 0.796. The molecule has 2 heterocycles. The van der Waals surface area contributed by atoms with Crippen LogP contribution in [0.4, 0.5) is 0 Å². The van der Waals surface area contributed by atoms with Crippen LogP contribution in [0.5, 0.6) is 0 Å². The molecule has 2 atom stereocenters. The van der Waals surface area contributed by atoms with Gasteiger partial charge in [-0.3, -0.25) is 4.79 Å². The molecule has 2 aliphatic heterocycles. The molecule has 0 saturated carbocycles. The van der Waals surface area contributed by atoms with Crippen molar-refractivity contribution in [1.29, 1.82) is 0 Å². The molecule has 2 saturated heterocycles. The minimum Gasteiger partial charge on any atom is -0.342 e. The topological polar surface area (TPSA) is 32.3 Å². The summed E-state index contributed by atoms with van der Waals surface area (Å²) in [6, 6.07) is 0. The third-order valence-corrected chi connectivity index (χ3v) is 4.66. The number of nitrogens with zero attached hydrogens (tertiary/aromatic N) is 1. The molecule has 2 rings (SSSR count). The van der Waals surface area contributed by atoms with Gasteiger partial charge >= 0.3 is 0 Å². The maximum Gasteiger partial charge on any atom is 0.230 e. The molecule has 1 N–H and O–H groups in total. The number of amides is 1. The first-order chi connectivity index (χ1) is 8.06. The van der Waals surface area contributed by atoms with E-state index in [-0.39, 0.29) is 5.41 Å². The van der Waals surface area contributed by atoms with Crippen LogP contribution in [-0.4, -0.2) is 37.0 Å². The van der Waals surface area contributed by atoms with E-state index < -0.39 is 0 Å². The number of hydrogen-bond acceptors (Lipinski definition) is 2. The number of piperidine rings is 1. The average Bonchev–Trinajstić information content (AvgIpc) is 2.78. The van der Waals surface area contributed by atoms with E-state index in [1.807, 2.05) is 0 Å². The van der Waals surface area contributed by atoms with Crippen molar-refractivity contribution in [3.05, 3.63) is 0 Å². The maximum atomic E-state index is 12.8. The van der Waals surface area contributed by atoms with Gasteiger partial charge in [-0.1, -0.05) is 20.8 Å². The van der Waals surface area contributed by atoms with Crippen molar-refractivity contribution in [2.75, 3.05) is 26.2 Å². The SMILES string of the molecule is CC1CCCN(C(=O)C2(C(C)C)CCNC2)C1. The van der Waals surface area contributed by atoms with Crippen LogP contribution >= 0.6 is 0 Å². The Morgan fingerprint density at radius 1 is 1.47 bits per heavy atom. The summed E-state index contributed by atoms with van der Waals surface area (Å²) in [5.74, 6) is 1.51. The first-order valence-corrected chi connectivity index (χ1v) is 7.06. The second-order valence-electron chi connectivity index (χ2n) is 6.24. The lowest BCUT2D eigenvalue weighted by atomic mass is 9.74. The predicted molar refractivity (Wildman–Crippen MR) is 69.7 cm³/mol. The Bertz CT molecular complexity index is 282. The Hall–Kier alpha value is -0.570. The van der Waals surface area contributed by atoms with Gasteiger partial charge in [-0.15, -0.1) is 0 Å². The number of likely N-dealkylation sites (tertiary alicyclic amines) is 1. The van der Waals surface area contributed by atoms with Gasteiger partial charge in [-0.2, -0.15) is 0 Å². The van der Waals surface area contributed by atoms with Crippen molar-refractivity contribution >= 4 is 5.91 Å². The van der Waals surface area contributed by atoms with Crippen molar-refractivity contribution in [2.24, 2.45) is 17.3 Å². The highest BCUT2D eigenvalue weighted by molar-refractivity contribution is 5.83. The normalized spacial score (nSPS) is 34.4. The zero-order valence-electron chi connectivity index (χ0n) is 11.5. The van der Waals surface area contributed by atoms with Crippen LogP contribution in [0.1, 0.15) is 40.0 Å². The van der Waals surface area contributed by atoms with Gasteiger partial charge in [-0.25, -0.2) is 0 Å². The van der Waals surface area contributed by atoms with Crippen LogP contribution in [0.25, 0.3) is 0 Å². The van der Waals surface area contributed by atoms with E-state index >= 15 is 0 Å². The van der Waals surface area contributed by atoms with E-state index in [4.69, 9.17) is 0 Å². The minimum atomic E-state index is -0.128. The maximum absolute atomic E-state index is 12.8. The number of nitrogens with one attached hydrogen (secondary N) is 1. The fraction of sp³-hybridized carbons (Fsp3) is 0.929. The highest BCUT2D eigenvalue weighted by Crippen LogP contribution is 2.37. The molecule has 17 heavy (non-hydrogen) atoms. The molecule has 0 spiro atoms. The lowest BCUT2D eigenvalue weighted by Crippen LogP contribution is -2.51. The summed E-state index contributed by atoms with van der Waals surface area (Å²) < 4.78 is 0. The Kier molecular flexibility index (Phi) is 3.76. The van der Waals surface area contributed by atoms with Gasteiger partial charge in [0.25, 0.3) is 0 Å². The molecule has 0 aromatic heterocycles. The molecule has 3 nitrogen and oxygen atoms in total. The molecule has 2 aliphatic rings. The standard InChI is InChI=1S/C14H26N2O/c1-11(2)14(6-7-15-10-14)13(17)16-8-4-5-12(3)9-16/h11-12,15H,4-10H2,1-3H3. The first kappa shape index (κ1) is 12.9. The third-order valence-electron chi connectivity index (χ3n) is 4.66. The summed E-state index contributed by atoms with van der Waals surface area (Å²) in [6.07, 6.45) is 3.46. The molecule has 0 aromatic carbocycles. The molecule has 3 heteroatoms. The van der Waals surface area contributed by atoms with Crippen molar-refractivity contribution in [2.45, 2.75) is 40.0 Å². The van der Waals surface area contributed by atoms with Crippen LogP contribution in [0.15, 0.2) is 0 Å². The van der Waals surface area contributed by atoms with Crippen LogP contribution in [0, 0.1) is 17.3 Å². The van der Waals surface area contributed by atoms with E-state index in [0.717, 1.165) is 32.6 Å². The molecular formula is C14H26N2O. The molecule has 98 valence electrons. The lowest BCUT2D eigenvalue weighted by molar-refractivity contribution is -0.145. The van der Waals surface area contributed by atoms with Crippen molar-refractivity contribution in [1.82, 2.24) is 10.2 Å². The summed E-state index contributed by atoms with van der Waals surface area (Å²) >= 11 is 0. The molecule has 2 unspecified atom stereocenters. The first-order valence-electron chi connectivity index (χ1n) is 7.06. The number of rotatable bonds is 2. The van der Waals surface area contributed by atoms with Gasteiger partial charge in [0.2, 0.25) is 5.91 Å². The highest BCUT2D eigenvalue weighted by Gasteiger charge is 2.46. The second kappa shape index (κ2) is 4.97. The van der Waals surface area contributed by atoms with Crippen molar-refractivity contribution in [3.8, 4) is 0 Å². The van der Waals surface area contributed by atoms with Gasteiger partial charge in [0, 0.05) is 19.6 Å². The molecule has 2 fully saturated rings. The Morgan fingerprint density at radius 3 is 2.76 bits per heavy atom.